The lowest BCUT2D eigenvalue weighted by Crippen LogP contribution is -2.33. The standard InChI is InChI=1S/C21H22O4/c1-14-6-10-16(11-7-14)21(20(22)24-18-4-3-5-18)19(25-21)15-8-12-17(23-2)13-9-15/h6-13,18-19H,3-5H2,1-2H3. The molecule has 0 bridgehead atoms. The molecule has 2 aliphatic rings. The predicted octanol–water partition coefficient (Wildman–Crippen LogP) is 4.07. The third-order valence-electron chi connectivity index (χ3n) is 5.14. The predicted molar refractivity (Wildman–Crippen MR) is 93.4 cm³/mol. The number of carbonyl (C=O) groups excluding carboxylic acids is 1. The average Bonchev–Trinajstić information content (AvgIpc) is 3.35. The van der Waals surface area contributed by atoms with E-state index in [0.29, 0.717) is 0 Å². The highest BCUT2D eigenvalue weighted by Crippen LogP contribution is 2.58. The van der Waals surface area contributed by atoms with Crippen LogP contribution in [0.1, 0.15) is 42.1 Å². The Hall–Kier alpha value is -2.33. The molecular formula is C21H22O4. The topological polar surface area (TPSA) is 48.1 Å². The highest BCUT2D eigenvalue weighted by atomic mass is 16.7. The zero-order valence-electron chi connectivity index (χ0n) is 14.5. The van der Waals surface area contributed by atoms with Crippen LogP contribution in [0.3, 0.4) is 0 Å². The molecule has 0 radical (unpaired) electrons. The fourth-order valence-electron chi connectivity index (χ4n) is 3.25. The molecule has 2 atom stereocenters. The van der Waals surface area contributed by atoms with Gasteiger partial charge in [-0.05, 0) is 49.4 Å². The van der Waals surface area contributed by atoms with Gasteiger partial charge in [-0.3, -0.25) is 0 Å². The van der Waals surface area contributed by atoms with Crippen LogP contribution in [0, 0.1) is 6.92 Å². The van der Waals surface area contributed by atoms with Crippen molar-refractivity contribution in [1.29, 1.82) is 0 Å². The van der Waals surface area contributed by atoms with Crippen LogP contribution < -0.4 is 4.74 Å². The molecule has 4 heteroatoms. The van der Waals surface area contributed by atoms with Gasteiger partial charge < -0.3 is 14.2 Å². The molecule has 2 fully saturated rings. The summed E-state index contributed by atoms with van der Waals surface area (Å²) in [5.74, 6) is 0.504. The van der Waals surface area contributed by atoms with Gasteiger partial charge in [0.05, 0.1) is 7.11 Å². The Morgan fingerprint density at radius 1 is 1.08 bits per heavy atom. The van der Waals surface area contributed by atoms with E-state index in [1.807, 2.05) is 55.5 Å². The number of benzene rings is 2. The van der Waals surface area contributed by atoms with Gasteiger partial charge >= 0.3 is 5.97 Å². The van der Waals surface area contributed by atoms with Crippen LogP contribution in [0.4, 0.5) is 0 Å². The Labute approximate surface area is 147 Å². The second kappa shape index (κ2) is 6.19. The molecule has 2 aromatic rings. The minimum Gasteiger partial charge on any atom is -0.497 e. The summed E-state index contributed by atoms with van der Waals surface area (Å²) in [4.78, 5) is 13.0. The van der Waals surface area contributed by atoms with Gasteiger partial charge in [0.25, 0.3) is 0 Å². The Balaban J connectivity index is 1.65. The van der Waals surface area contributed by atoms with Crippen LogP contribution in [0.5, 0.6) is 5.75 Å². The highest BCUT2D eigenvalue weighted by molar-refractivity contribution is 5.86. The quantitative estimate of drug-likeness (QED) is 0.609. The largest absolute Gasteiger partial charge is 0.497 e. The van der Waals surface area contributed by atoms with Gasteiger partial charge in [0.2, 0.25) is 5.60 Å². The molecule has 0 amide bonds. The fourth-order valence-corrected chi connectivity index (χ4v) is 3.25. The van der Waals surface area contributed by atoms with Crippen LogP contribution in [0.15, 0.2) is 48.5 Å². The number of carbonyl (C=O) groups is 1. The summed E-state index contributed by atoms with van der Waals surface area (Å²) in [5, 5.41) is 0. The number of ether oxygens (including phenoxy) is 3. The second-order valence-electron chi connectivity index (χ2n) is 6.83. The van der Waals surface area contributed by atoms with Gasteiger partial charge in [-0.15, -0.1) is 0 Å². The fraction of sp³-hybridized carbons (Fsp3) is 0.381. The van der Waals surface area contributed by atoms with Gasteiger partial charge in [0, 0.05) is 0 Å². The zero-order chi connectivity index (χ0) is 17.4. The van der Waals surface area contributed by atoms with Crippen molar-refractivity contribution in [2.24, 2.45) is 0 Å². The lowest BCUT2D eigenvalue weighted by molar-refractivity contribution is -0.160. The monoisotopic (exact) mass is 338 g/mol. The Kier molecular flexibility index (Phi) is 4.00. The van der Waals surface area contributed by atoms with Crippen LogP contribution in [0.2, 0.25) is 0 Å². The summed E-state index contributed by atoms with van der Waals surface area (Å²) in [6.45, 7) is 2.03. The van der Waals surface area contributed by atoms with Crippen molar-refractivity contribution in [1.82, 2.24) is 0 Å². The third-order valence-corrected chi connectivity index (χ3v) is 5.14. The van der Waals surface area contributed by atoms with E-state index in [2.05, 4.69) is 0 Å². The molecule has 1 aliphatic carbocycles. The van der Waals surface area contributed by atoms with Gasteiger partial charge in [-0.25, -0.2) is 4.79 Å². The lowest BCUT2D eigenvalue weighted by atomic mass is 9.90. The molecule has 25 heavy (non-hydrogen) atoms. The van der Waals surface area contributed by atoms with Gasteiger partial charge in [0.1, 0.15) is 18.0 Å². The number of methoxy groups -OCH3 is 1. The lowest BCUT2D eigenvalue weighted by Gasteiger charge is -2.27. The van der Waals surface area contributed by atoms with E-state index in [9.17, 15) is 4.79 Å². The normalized spacial score (nSPS) is 25.1. The summed E-state index contributed by atoms with van der Waals surface area (Å²) in [7, 11) is 1.63. The smallest absolute Gasteiger partial charge is 0.346 e. The van der Waals surface area contributed by atoms with Gasteiger partial charge in [-0.2, -0.15) is 0 Å². The SMILES string of the molecule is COc1ccc(C2OC2(C(=O)OC2CCC2)c2ccc(C)cc2)cc1. The number of rotatable bonds is 5. The maximum absolute atomic E-state index is 13.0. The highest BCUT2D eigenvalue weighted by Gasteiger charge is 2.66. The van der Waals surface area contributed by atoms with E-state index in [1.165, 1.54) is 0 Å². The van der Waals surface area contributed by atoms with Crippen LogP contribution in [0.25, 0.3) is 0 Å². The summed E-state index contributed by atoms with van der Waals surface area (Å²) < 4.78 is 16.9. The van der Waals surface area contributed by atoms with E-state index in [4.69, 9.17) is 14.2 Å². The maximum Gasteiger partial charge on any atom is 0.346 e. The van der Waals surface area contributed by atoms with E-state index < -0.39 is 5.60 Å². The molecule has 0 spiro atoms. The number of epoxide rings is 1. The van der Waals surface area contributed by atoms with E-state index in [0.717, 1.165) is 41.7 Å². The summed E-state index contributed by atoms with van der Waals surface area (Å²) in [6.07, 6.45) is 2.73. The summed E-state index contributed by atoms with van der Waals surface area (Å²) >= 11 is 0. The Bertz CT molecular complexity index is 761. The van der Waals surface area contributed by atoms with Gasteiger partial charge in [0.15, 0.2) is 0 Å². The first-order valence-corrected chi connectivity index (χ1v) is 8.73. The molecule has 1 aliphatic heterocycles. The van der Waals surface area contributed by atoms with E-state index in [-0.39, 0.29) is 18.2 Å². The second-order valence-corrected chi connectivity index (χ2v) is 6.83. The first-order chi connectivity index (χ1) is 12.1. The zero-order valence-corrected chi connectivity index (χ0v) is 14.5. The number of esters is 1. The van der Waals surface area contributed by atoms with Crippen LogP contribution in [-0.4, -0.2) is 19.2 Å². The molecule has 1 heterocycles. The average molecular weight is 338 g/mol. The molecule has 4 nitrogen and oxygen atoms in total. The molecule has 2 unspecified atom stereocenters. The van der Waals surface area contributed by atoms with Gasteiger partial charge in [-0.1, -0.05) is 42.0 Å². The van der Waals surface area contributed by atoms with Crippen molar-refractivity contribution in [3.8, 4) is 5.75 Å². The van der Waals surface area contributed by atoms with Crippen molar-refractivity contribution in [2.45, 2.75) is 44.0 Å². The maximum atomic E-state index is 13.0. The molecule has 1 saturated heterocycles. The first kappa shape index (κ1) is 16.2. The molecule has 0 aromatic heterocycles. The molecular weight excluding hydrogens is 316 g/mol. The molecule has 2 aromatic carbocycles. The Morgan fingerprint density at radius 3 is 2.32 bits per heavy atom. The summed E-state index contributed by atoms with van der Waals surface area (Å²) in [6, 6.07) is 15.6. The summed E-state index contributed by atoms with van der Waals surface area (Å²) in [5.41, 5.74) is 1.92. The van der Waals surface area contributed by atoms with E-state index >= 15 is 0 Å². The van der Waals surface area contributed by atoms with Crippen molar-refractivity contribution >= 4 is 5.97 Å². The number of aryl methyl sites for hydroxylation is 1. The molecule has 4 rings (SSSR count). The first-order valence-electron chi connectivity index (χ1n) is 8.73. The third kappa shape index (κ3) is 2.81. The van der Waals surface area contributed by atoms with Crippen LogP contribution in [-0.2, 0) is 19.9 Å². The van der Waals surface area contributed by atoms with Crippen molar-refractivity contribution in [3.05, 3.63) is 65.2 Å². The van der Waals surface area contributed by atoms with Crippen molar-refractivity contribution in [3.63, 3.8) is 0 Å². The number of hydrogen-bond acceptors (Lipinski definition) is 4. The van der Waals surface area contributed by atoms with Crippen LogP contribution >= 0.6 is 0 Å². The molecule has 1 saturated carbocycles. The van der Waals surface area contributed by atoms with E-state index in [1.54, 1.807) is 7.11 Å². The van der Waals surface area contributed by atoms with Crippen molar-refractivity contribution in [2.75, 3.05) is 7.11 Å². The van der Waals surface area contributed by atoms with Crippen molar-refractivity contribution < 1.29 is 19.0 Å². The molecule has 130 valence electrons. The minimum atomic E-state index is -1.03. The minimum absolute atomic E-state index is 0.0375. The Morgan fingerprint density at radius 2 is 1.76 bits per heavy atom. The molecule has 0 N–H and O–H groups in total. The number of hydrogen-bond donors (Lipinski definition) is 0.